The van der Waals surface area contributed by atoms with Gasteiger partial charge in [-0.2, -0.15) is 0 Å². The molecule has 0 saturated heterocycles. The number of carbonyl (C=O) groups excluding carboxylic acids is 1. The van der Waals surface area contributed by atoms with E-state index in [-0.39, 0.29) is 33.3 Å². The SMILES string of the molecule is O=C(NCC1(CCO)CC1)c1cc([N+](=O)[O-])cc(Cl)c1Cl. The molecule has 1 amide bonds. The van der Waals surface area contributed by atoms with Crippen LogP contribution >= 0.6 is 23.2 Å². The van der Waals surface area contributed by atoms with E-state index in [4.69, 9.17) is 28.3 Å². The maximum atomic E-state index is 12.1. The Kier molecular flexibility index (Phi) is 4.70. The van der Waals surface area contributed by atoms with Gasteiger partial charge in [-0.1, -0.05) is 23.2 Å². The molecular weight excluding hydrogens is 319 g/mol. The first-order valence-corrected chi connectivity index (χ1v) is 7.17. The van der Waals surface area contributed by atoms with E-state index in [0.717, 1.165) is 25.0 Å². The summed E-state index contributed by atoms with van der Waals surface area (Å²) < 4.78 is 0. The molecule has 1 aromatic rings. The van der Waals surface area contributed by atoms with Gasteiger partial charge in [-0.15, -0.1) is 0 Å². The average molecular weight is 333 g/mol. The maximum Gasteiger partial charge on any atom is 0.271 e. The lowest BCUT2D eigenvalue weighted by Gasteiger charge is -2.15. The van der Waals surface area contributed by atoms with E-state index in [0.29, 0.717) is 13.0 Å². The van der Waals surface area contributed by atoms with E-state index >= 15 is 0 Å². The van der Waals surface area contributed by atoms with Gasteiger partial charge in [-0.25, -0.2) is 0 Å². The van der Waals surface area contributed by atoms with Gasteiger partial charge in [0, 0.05) is 25.3 Å². The number of nitro benzene ring substituents is 1. The number of carbonyl (C=O) groups is 1. The van der Waals surface area contributed by atoms with Crippen molar-refractivity contribution < 1.29 is 14.8 Å². The molecule has 1 aromatic carbocycles. The Hall–Kier alpha value is -1.37. The van der Waals surface area contributed by atoms with Crippen molar-refractivity contribution in [3.8, 4) is 0 Å². The summed E-state index contributed by atoms with van der Waals surface area (Å²) in [5, 5.41) is 22.4. The van der Waals surface area contributed by atoms with Gasteiger partial charge in [-0.05, 0) is 24.7 Å². The molecule has 0 atom stereocenters. The topological polar surface area (TPSA) is 92.5 Å². The fraction of sp³-hybridized carbons (Fsp3) is 0.462. The van der Waals surface area contributed by atoms with Crippen LogP contribution in [0.5, 0.6) is 0 Å². The first kappa shape index (κ1) is 16.0. The zero-order valence-corrected chi connectivity index (χ0v) is 12.6. The van der Waals surface area contributed by atoms with Gasteiger partial charge in [0.2, 0.25) is 0 Å². The number of benzene rings is 1. The number of nitro groups is 1. The van der Waals surface area contributed by atoms with Crippen LogP contribution in [-0.4, -0.2) is 29.1 Å². The Morgan fingerprint density at radius 1 is 1.43 bits per heavy atom. The molecule has 1 saturated carbocycles. The summed E-state index contributed by atoms with van der Waals surface area (Å²) in [6.45, 7) is 0.475. The van der Waals surface area contributed by atoms with E-state index in [1.165, 1.54) is 0 Å². The highest BCUT2D eigenvalue weighted by molar-refractivity contribution is 6.44. The fourth-order valence-electron chi connectivity index (χ4n) is 2.14. The van der Waals surface area contributed by atoms with Gasteiger partial charge >= 0.3 is 0 Å². The second kappa shape index (κ2) is 6.17. The molecule has 0 spiro atoms. The maximum absolute atomic E-state index is 12.1. The highest BCUT2D eigenvalue weighted by Gasteiger charge is 2.42. The summed E-state index contributed by atoms with van der Waals surface area (Å²) in [7, 11) is 0. The predicted octanol–water partition coefficient (Wildman–Crippen LogP) is 2.79. The Labute approximate surface area is 131 Å². The molecule has 0 aromatic heterocycles. The highest BCUT2D eigenvalue weighted by Crippen LogP contribution is 2.48. The van der Waals surface area contributed by atoms with Gasteiger partial charge in [-0.3, -0.25) is 14.9 Å². The number of rotatable bonds is 6. The third-order valence-electron chi connectivity index (χ3n) is 3.69. The van der Waals surface area contributed by atoms with Gasteiger partial charge in [0.1, 0.15) is 0 Å². The fourth-order valence-corrected chi connectivity index (χ4v) is 2.55. The second-order valence-electron chi connectivity index (χ2n) is 5.20. The summed E-state index contributed by atoms with van der Waals surface area (Å²) in [5.74, 6) is -0.505. The molecule has 1 aliphatic rings. The highest BCUT2D eigenvalue weighted by atomic mass is 35.5. The Balaban J connectivity index is 2.13. The lowest BCUT2D eigenvalue weighted by atomic mass is 10.0. The minimum atomic E-state index is -0.632. The smallest absolute Gasteiger partial charge is 0.271 e. The van der Waals surface area contributed by atoms with E-state index in [9.17, 15) is 14.9 Å². The van der Waals surface area contributed by atoms with Gasteiger partial charge in [0.05, 0.1) is 20.5 Å². The molecule has 8 heteroatoms. The number of non-ortho nitro benzene ring substituents is 1. The summed E-state index contributed by atoms with van der Waals surface area (Å²) >= 11 is 11.7. The molecule has 2 rings (SSSR count). The molecule has 6 nitrogen and oxygen atoms in total. The molecule has 0 unspecified atom stereocenters. The lowest BCUT2D eigenvalue weighted by Crippen LogP contribution is -2.31. The van der Waals surface area contributed by atoms with Crippen LogP contribution in [0, 0.1) is 15.5 Å². The number of amides is 1. The lowest BCUT2D eigenvalue weighted by molar-refractivity contribution is -0.384. The second-order valence-corrected chi connectivity index (χ2v) is 5.99. The quantitative estimate of drug-likeness (QED) is 0.618. The van der Waals surface area contributed by atoms with Crippen molar-refractivity contribution >= 4 is 34.8 Å². The van der Waals surface area contributed by atoms with Gasteiger partial charge in [0.25, 0.3) is 11.6 Å². The van der Waals surface area contributed by atoms with Crippen molar-refractivity contribution in [3.05, 3.63) is 37.9 Å². The van der Waals surface area contributed by atoms with Gasteiger partial charge < -0.3 is 10.4 Å². The third kappa shape index (κ3) is 3.64. The van der Waals surface area contributed by atoms with Crippen LogP contribution < -0.4 is 5.32 Å². The third-order valence-corrected chi connectivity index (χ3v) is 4.49. The number of nitrogens with zero attached hydrogens (tertiary/aromatic N) is 1. The summed E-state index contributed by atoms with van der Waals surface area (Å²) in [5.41, 5.74) is -0.358. The largest absolute Gasteiger partial charge is 0.396 e. The molecule has 0 aliphatic heterocycles. The number of hydrogen-bond donors (Lipinski definition) is 2. The van der Waals surface area contributed by atoms with E-state index < -0.39 is 10.8 Å². The monoisotopic (exact) mass is 332 g/mol. The molecule has 114 valence electrons. The summed E-state index contributed by atoms with van der Waals surface area (Å²) in [6.07, 6.45) is 2.51. The van der Waals surface area contributed by atoms with Gasteiger partial charge in [0.15, 0.2) is 0 Å². The van der Waals surface area contributed by atoms with Crippen molar-refractivity contribution in [3.63, 3.8) is 0 Å². The van der Waals surface area contributed by atoms with Crippen LogP contribution in [0.4, 0.5) is 5.69 Å². The standard InChI is InChI=1S/C13H14Cl2N2O4/c14-10-6-8(17(20)21)5-9(11(10)15)12(19)16-7-13(1-2-13)3-4-18/h5-6,18H,1-4,7H2,(H,16,19). The number of aliphatic hydroxyl groups excluding tert-OH is 1. The van der Waals surface area contributed by atoms with Crippen LogP contribution in [0.25, 0.3) is 0 Å². The van der Waals surface area contributed by atoms with Crippen LogP contribution in [-0.2, 0) is 0 Å². The molecule has 2 N–H and O–H groups in total. The molecule has 1 aliphatic carbocycles. The molecule has 0 heterocycles. The van der Waals surface area contributed by atoms with Crippen LogP contribution in [0.3, 0.4) is 0 Å². The van der Waals surface area contributed by atoms with Crippen molar-refractivity contribution in [1.82, 2.24) is 5.32 Å². The van der Waals surface area contributed by atoms with E-state index in [1.54, 1.807) is 0 Å². The van der Waals surface area contributed by atoms with E-state index in [1.807, 2.05) is 0 Å². The normalized spacial score (nSPS) is 15.6. The van der Waals surface area contributed by atoms with E-state index in [2.05, 4.69) is 5.32 Å². The predicted molar refractivity (Wildman–Crippen MR) is 78.8 cm³/mol. The minimum absolute atomic E-state index is 0.00762. The Bertz CT molecular complexity index is 588. The zero-order valence-electron chi connectivity index (χ0n) is 11.1. The van der Waals surface area contributed by atoms with Crippen molar-refractivity contribution in [2.24, 2.45) is 5.41 Å². The number of nitrogens with one attached hydrogen (secondary N) is 1. The molecule has 21 heavy (non-hydrogen) atoms. The molecule has 0 radical (unpaired) electrons. The number of hydrogen-bond acceptors (Lipinski definition) is 4. The average Bonchev–Trinajstić information content (AvgIpc) is 3.19. The van der Waals surface area contributed by atoms with Crippen molar-refractivity contribution in [2.75, 3.05) is 13.2 Å². The zero-order chi connectivity index (χ0) is 15.6. The first-order valence-electron chi connectivity index (χ1n) is 6.41. The molecule has 1 fully saturated rings. The summed E-state index contributed by atoms with van der Waals surface area (Å²) in [6, 6.07) is 2.21. The Morgan fingerprint density at radius 3 is 2.62 bits per heavy atom. The van der Waals surface area contributed by atoms with Crippen molar-refractivity contribution in [1.29, 1.82) is 0 Å². The minimum Gasteiger partial charge on any atom is -0.396 e. The first-order chi connectivity index (χ1) is 9.88. The van der Waals surface area contributed by atoms with Crippen molar-refractivity contribution in [2.45, 2.75) is 19.3 Å². The van der Waals surface area contributed by atoms with Crippen LogP contribution in [0.15, 0.2) is 12.1 Å². The molecular formula is C13H14Cl2N2O4. The van der Waals surface area contributed by atoms with Crippen LogP contribution in [0.2, 0.25) is 10.0 Å². The molecule has 0 bridgehead atoms. The van der Waals surface area contributed by atoms with Crippen LogP contribution in [0.1, 0.15) is 29.6 Å². The summed E-state index contributed by atoms with van der Waals surface area (Å²) in [4.78, 5) is 22.3. The number of aliphatic hydroxyl groups is 1. The Morgan fingerprint density at radius 2 is 2.10 bits per heavy atom. The number of halogens is 2.